The van der Waals surface area contributed by atoms with E-state index in [2.05, 4.69) is 5.32 Å². The Morgan fingerprint density at radius 1 is 1.12 bits per heavy atom. The lowest BCUT2D eigenvalue weighted by molar-refractivity contribution is -0.116. The summed E-state index contributed by atoms with van der Waals surface area (Å²) in [5, 5.41) is 3.30. The van der Waals surface area contributed by atoms with Crippen LogP contribution in [-0.4, -0.2) is 5.78 Å². The molecule has 2 rings (SSSR count). The summed E-state index contributed by atoms with van der Waals surface area (Å²) in [7, 11) is 0. The van der Waals surface area contributed by atoms with Crippen LogP contribution in [0.15, 0.2) is 41.6 Å². The first kappa shape index (κ1) is 10.9. The molecule has 1 saturated carbocycles. The lowest BCUT2D eigenvalue weighted by Gasteiger charge is -2.17. The normalized spacial score (nSPS) is 19.4. The summed E-state index contributed by atoms with van der Waals surface area (Å²) in [6, 6.07) is 9.99. The van der Waals surface area contributed by atoms with Crippen molar-refractivity contribution in [3.63, 3.8) is 0 Å². The van der Waals surface area contributed by atoms with E-state index in [-0.39, 0.29) is 0 Å². The molecule has 0 aliphatic heterocycles. The Hall–Kier alpha value is -1.57. The fourth-order valence-electron chi connectivity index (χ4n) is 2.09. The molecule has 2 heteroatoms. The SMILES string of the molecule is C/C(Nc1ccccc1)=C1\CCCCC1=O. The van der Waals surface area contributed by atoms with Gasteiger partial charge in [-0.1, -0.05) is 18.2 Å². The number of nitrogens with one attached hydrogen (secondary N) is 1. The maximum absolute atomic E-state index is 11.7. The predicted molar refractivity (Wildman–Crippen MR) is 66.2 cm³/mol. The maximum atomic E-state index is 11.7. The van der Waals surface area contributed by atoms with Gasteiger partial charge in [-0.2, -0.15) is 0 Å². The molecule has 0 radical (unpaired) electrons. The third-order valence-electron chi connectivity index (χ3n) is 2.98. The lowest BCUT2D eigenvalue weighted by atomic mass is 9.92. The number of hydrogen-bond acceptors (Lipinski definition) is 2. The van der Waals surface area contributed by atoms with E-state index >= 15 is 0 Å². The van der Waals surface area contributed by atoms with Crippen LogP contribution in [0.2, 0.25) is 0 Å². The molecule has 1 aliphatic rings. The Morgan fingerprint density at radius 2 is 1.81 bits per heavy atom. The van der Waals surface area contributed by atoms with Crippen LogP contribution < -0.4 is 5.32 Å². The van der Waals surface area contributed by atoms with Crippen molar-refractivity contribution in [1.82, 2.24) is 0 Å². The van der Waals surface area contributed by atoms with E-state index < -0.39 is 0 Å². The van der Waals surface area contributed by atoms with Gasteiger partial charge >= 0.3 is 0 Å². The number of rotatable bonds is 2. The minimum absolute atomic E-state index is 0.312. The highest BCUT2D eigenvalue weighted by Gasteiger charge is 2.17. The van der Waals surface area contributed by atoms with Crippen molar-refractivity contribution in [3.8, 4) is 0 Å². The zero-order valence-electron chi connectivity index (χ0n) is 9.62. The number of para-hydroxylation sites is 1. The van der Waals surface area contributed by atoms with Crippen LogP contribution in [-0.2, 0) is 4.79 Å². The fourth-order valence-corrected chi connectivity index (χ4v) is 2.09. The fraction of sp³-hybridized carbons (Fsp3) is 0.357. The van der Waals surface area contributed by atoms with Gasteiger partial charge in [0.15, 0.2) is 5.78 Å². The third-order valence-corrected chi connectivity index (χ3v) is 2.98. The monoisotopic (exact) mass is 215 g/mol. The number of benzene rings is 1. The van der Waals surface area contributed by atoms with Gasteiger partial charge < -0.3 is 5.32 Å². The Morgan fingerprint density at radius 3 is 2.50 bits per heavy atom. The molecule has 1 N–H and O–H groups in total. The molecule has 0 aromatic heterocycles. The van der Waals surface area contributed by atoms with Crippen molar-refractivity contribution in [1.29, 1.82) is 0 Å². The third kappa shape index (κ3) is 2.51. The van der Waals surface area contributed by atoms with E-state index in [0.29, 0.717) is 12.2 Å². The zero-order valence-corrected chi connectivity index (χ0v) is 9.62. The molecule has 84 valence electrons. The summed E-state index contributed by atoms with van der Waals surface area (Å²) in [4.78, 5) is 11.7. The van der Waals surface area contributed by atoms with Crippen LogP contribution in [0.25, 0.3) is 0 Å². The molecule has 2 nitrogen and oxygen atoms in total. The molecule has 0 amide bonds. The van der Waals surface area contributed by atoms with Gasteiger partial charge in [0.1, 0.15) is 0 Å². The Balaban J connectivity index is 2.14. The lowest BCUT2D eigenvalue weighted by Crippen LogP contribution is -2.13. The molecule has 1 aromatic carbocycles. The number of hydrogen-bond donors (Lipinski definition) is 1. The molecule has 0 heterocycles. The van der Waals surface area contributed by atoms with E-state index in [9.17, 15) is 4.79 Å². The molecular weight excluding hydrogens is 198 g/mol. The van der Waals surface area contributed by atoms with Gasteiger partial charge in [0.25, 0.3) is 0 Å². The smallest absolute Gasteiger partial charge is 0.160 e. The number of ketones is 1. The molecule has 0 spiro atoms. The predicted octanol–water partition coefficient (Wildman–Crippen LogP) is 3.52. The molecule has 0 saturated heterocycles. The Bertz CT molecular complexity index is 406. The van der Waals surface area contributed by atoms with Crippen molar-refractivity contribution in [2.45, 2.75) is 32.6 Å². The van der Waals surface area contributed by atoms with Crippen LogP contribution in [0.3, 0.4) is 0 Å². The topological polar surface area (TPSA) is 29.1 Å². The molecule has 1 aromatic rings. The molecule has 0 atom stereocenters. The number of carbonyl (C=O) groups excluding carboxylic acids is 1. The minimum atomic E-state index is 0.312. The van der Waals surface area contributed by atoms with Crippen LogP contribution in [0.4, 0.5) is 5.69 Å². The first-order chi connectivity index (χ1) is 7.77. The number of carbonyl (C=O) groups is 1. The minimum Gasteiger partial charge on any atom is -0.359 e. The maximum Gasteiger partial charge on any atom is 0.160 e. The van der Waals surface area contributed by atoms with Gasteiger partial charge in [-0.15, -0.1) is 0 Å². The van der Waals surface area contributed by atoms with Crippen LogP contribution in [0.5, 0.6) is 0 Å². The summed E-state index contributed by atoms with van der Waals surface area (Å²) in [6.45, 7) is 1.99. The van der Waals surface area contributed by atoms with Gasteiger partial charge in [0.05, 0.1) is 0 Å². The van der Waals surface area contributed by atoms with Crippen LogP contribution in [0, 0.1) is 0 Å². The Labute approximate surface area is 96.4 Å². The van der Waals surface area contributed by atoms with Gasteiger partial charge in [-0.05, 0) is 38.3 Å². The second-order valence-electron chi connectivity index (χ2n) is 4.22. The average molecular weight is 215 g/mol. The zero-order chi connectivity index (χ0) is 11.4. The average Bonchev–Trinajstić information content (AvgIpc) is 2.31. The standard InChI is InChI=1S/C14H17NO/c1-11(13-9-5-6-10-14(13)16)15-12-7-3-2-4-8-12/h2-4,7-8,15H,5-6,9-10H2,1H3/b13-11-. The van der Waals surface area contributed by atoms with Gasteiger partial charge in [-0.25, -0.2) is 0 Å². The van der Waals surface area contributed by atoms with Crippen molar-refractivity contribution in [2.75, 3.05) is 5.32 Å². The summed E-state index contributed by atoms with van der Waals surface area (Å²) in [6.07, 6.45) is 3.81. The second-order valence-corrected chi connectivity index (χ2v) is 4.22. The molecule has 0 unspecified atom stereocenters. The van der Waals surface area contributed by atoms with E-state index in [4.69, 9.17) is 0 Å². The van der Waals surface area contributed by atoms with Crippen molar-refractivity contribution in [2.24, 2.45) is 0 Å². The van der Waals surface area contributed by atoms with E-state index in [0.717, 1.165) is 36.2 Å². The van der Waals surface area contributed by atoms with Crippen LogP contribution in [0.1, 0.15) is 32.6 Å². The van der Waals surface area contributed by atoms with Gasteiger partial charge in [0.2, 0.25) is 0 Å². The van der Waals surface area contributed by atoms with Gasteiger partial charge in [-0.3, -0.25) is 4.79 Å². The van der Waals surface area contributed by atoms with E-state index in [1.54, 1.807) is 0 Å². The molecule has 1 aliphatic carbocycles. The summed E-state index contributed by atoms with van der Waals surface area (Å²) >= 11 is 0. The van der Waals surface area contributed by atoms with Crippen molar-refractivity contribution in [3.05, 3.63) is 41.6 Å². The summed E-state index contributed by atoms with van der Waals surface area (Å²) < 4.78 is 0. The first-order valence-corrected chi connectivity index (χ1v) is 5.82. The quantitative estimate of drug-likeness (QED) is 0.765. The van der Waals surface area contributed by atoms with Crippen molar-refractivity contribution < 1.29 is 4.79 Å². The highest BCUT2D eigenvalue weighted by atomic mass is 16.1. The number of anilines is 1. The summed E-state index contributed by atoms with van der Waals surface area (Å²) in [5.74, 6) is 0.312. The van der Waals surface area contributed by atoms with Crippen molar-refractivity contribution >= 4 is 11.5 Å². The van der Waals surface area contributed by atoms with E-state index in [1.165, 1.54) is 0 Å². The highest BCUT2D eigenvalue weighted by molar-refractivity contribution is 5.97. The molecule has 0 bridgehead atoms. The number of allylic oxidation sites excluding steroid dienone is 2. The van der Waals surface area contributed by atoms with Crippen LogP contribution >= 0.6 is 0 Å². The largest absolute Gasteiger partial charge is 0.359 e. The molecule has 16 heavy (non-hydrogen) atoms. The summed E-state index contributed by atoms with van der Waals surface area (Å²) in [5.41, 5.74) is 3.04. The Kier molecular flexibility index (Phi) is 3.40. The first-order valence-electron chi connectivity index (χ1n) is 5.82. The second kappa shape index (κ2) is 4.97. The van der Waals surface area contributed by atoms with E-state index in [1.807, 2.05) is 37.3 Å². The highest BCUT2D eigenvalue weighted by Crippen LogP contribution is 2.23. The number of Topliss-reactive ketones (excluding diaryl/α,β-unsaturated/α-hetero) is 1. The molecule has 1 fully saturated rings. The van der Waals surface area contributed by atoms with Gasteiger partial charge in [0, 0.05) is 23.4 Å². The molecular formula is C14H17NO.